The average Bonchev–Trinajstić information content (AvgIpc) is 2.37. The Labute approximate surface area is 81.8 Å². The third kappa shape index (κ3) is 1.64. The molecule has 0 saturated carbocycles. The zero-order chi connectivity index (χ0) is 9.97. The molecule has 2 rings (SSSR count). The summed E-state index contributed by atoms with van der Waals surface area (Å²) >= 11 is 0. The number of carbonyl (C=O) groups excluding carboxylic acids is 1. The smallest absolute Gasteiger partial charge is 0.313 e. The molecule has 0 aliphatic carbocycles. The highest BCUT2D eigenvalue weighted by Gasteiger charge is 2.14. The van der Waals surface area contributed by atoms with E-state index in [-0.39, 0.29) is 5.97 Å². The lowest BCUT2D eigenvalue weighted by atomic mass is 10.2. The molecule has 0 radical (unpaired) electrons. The maximum atomic E-state index is 11.1. The van der Waals surface area contributed by atoms with Gasteiger partial charge in [0, 0.05) is 12.6 Å². The lowest BCUT2D eigenvalue weighted by Gasteiger charge is -2.07. The standard InChI is InChI=1S/C10H11NO3/c1-13-7-2-3-8-9(6-7)14-10(12)4-5-11-8/h2-3,6,11H,4-5H2,1H3. The van der Waals surface area contributed by atoms with Crippen molar-refractivity contribution in [3.8, 4) is 11.5 Å². The van der Waals surface area contributed by atoms with Crippen LogP contribution in [0, 0.1) is 0 Å². The van der Waals surface area contributed by atoms with Crippen molar-refractivity contribution in [1.29, 1.82) is 0 Å². The number of hydrogen-bond donors (Lipinski definition) is 1. The Bertz CT molecular complexity index is 362. The third-order valence-corrected chi connectivity index (χ3v) is 2.06. The van der Waals surface area contributed by atoms with Crippen molar-refractivity contribution in [2.24, 2.45) is 0 Å². The molecule has 1 N–H and O–H groups in total. The van der Waals surface area contributed by atoms with Gasteiger partial charge in [-0.25, -0.2) is 0 Å². The van der Waals surface area contributed by atoms with Crippen LogP contribution < -0.4 is 14.8 Å². The molecular formula is C10H11NO3. The van der Waals surface area contributed by atoms with Gasteiger partial charge in [-0.3, -0.25) is 4.79 Å². The Morgan fingerprint density at radius 2 is 2.36 bits per heavy atom. The van der Waals surface area contributed by atoms with Crippen LogP contribution in [0.25, 0.3) is 0 Å². The van der Waals surface area contributed by atoms with Crippen LogP contribution in [0.5, 0.6) is 11.5 Å². The number of benzene rings is 1. The highest BCUT2D eigenvalue weighted by molar-refractivity contribution is 5.77. The van der Waals surface area contributed by atoms with Gasteiger partial charge in [0.15, 0.2) is 5.75 Å². The summed E-state index contributed by atoms with van der Waals surface area (Å²) in [7, 11) is 1.58. The van der Waals surface area contributed by atoms with Crippen LogP contribution in [0.3, 0.4) is 0 Å². The maximum Gasteiger partial charge on any atom is 0.313 e. The van der Waals surface area contributed by atoms with E-state index in [9.17, 15) is 4.79 Å². The van der Waals surface area contributed by atoms with E-state index in [1.165, 1.54) is 0 Å². The van der Waals surface area contributed by atoms with E-state index in [0.717, 1.165) is 5.69 Å². The van der Waals surface area contributed by atoms with E-state index < -0.39 is 0 Å². The fraction of sp³-hybridized carbons (Fsp3) is 0.300. The zero-order valence-electron chi connectivity index (χ0n) is 7.87. The molecule has 1 aromatic carbocycles. The first-order valence-electron chi connectivity index (χ1n) is 4.42. The molecule has 0 atom stereocenters. The van der Waals surface area contributed by atoms with Crippen molar-refractivity contribution in [1.82, 2.24) is 0 Å². The van der Waals surface area contributed by atoms with Gasteiger partial charge in [-0.1, -0.05) is 0 Å². The number of ether oxygens (including phenoxy) is 2. The van der Waals surface area contributed by atoms with Crippen molar-refractivity contribution >= 4 is 11.7 Å². The summed E-state index contributed by atoms with van der Waals surface area (Å²) in [6, 6.07) is 5.36. The average molecular weight is 193 g/mol. The number of rotatable bonds is 1. The normalized spacial score (nSPS) is 14.8. The van der Waals surface area contributed by atoms with Gasteiger partial charge in [0.25, 0.3) is 0 Å². The summed E-state index contributed by atoms with van der Waals surface area (Å²) < 4.78 is 10.2. The molecule has 14 heavy (non-hydrogen) atoms. The second-order valence-electron chi connectivity index (χ2n) is 3.01. The number of esters is 1. The van der Waals surface area contributed by atoms with Gasteiger partial charge in [-0.15, -0.1) is 0 Å². The molecular weight excluding hydrogens is 182 g/mol. The fourth-order valence-corrected chi connectivity index (χ4v) is 1.33. The van der Waals surface area contributed by atoms with Crippen LogP contribution in [0.15, 0.2) is 18.2 Å². The largest absolute Gasteiger partial charge is 0.497 e. The SMILES string of the molecule is COc1ccc2c(c1)OC(=O)CCN2. The summed E-state index contributed by atoms with van der Waals surface area (Å²) in [5.74, 6) is 0.997. The van der Waals surface area contributed by atoms with E-state index >= 15 is 0 Å². The van der Waals surface area contributed by atoms with Crippen LogP contribution in [-0.4, -0.2) is 19.6 Å². The van der Waals surface area contributed by atoms with Gasteiger partial charge in [-0.05, 0) is 12.1 Å². The summed E-state index contributed by atoms with van der Waals surface area (Å²) in [6.45, 7) is 0.609. The minimum absolute atomic E-state index is 0.218. The highest BCUT2D eigenvalue weighted by atomic mass is 16.5. The van der Waals surface area contributed by atoms with Gasteiger partial charge < -0.3 is 14.8 Å². The Morgan fingerprint density at radius 1 is 1.50 bits per heavy atom. The minimum atomic E-state index is -0.218. The summed E-state index contributed by atoms with van der Waals surface area (Å²) in [5.41, 5.74) is 0.830. The van der Waals surface area contributed by atoms with Gasteiger partial charge in [0.1, 0.15) is 5.75 Å². The lowest BCUT2D eigenvalue weighted by Crippen LogP contribution is -2.08. The Hall–Kier alpha value is -1.71. The first kappa shape index (κ1) is 8.87. The number of fused-ring (bicyclic) bond motifs is 1. The van der Waals surface area contributed by atoms with E-state index in [0.29, 0.717) is 24.5 Å². The first-order chi connectivity index (χ1) is 6.79. The quantitative estimate of drug-likeness (QED) is 0.541. The van der Waals surface area contributed by atoms with Crippen molar-refractivity contribution in [2.45, 2.75) is 6.42 Å². The maximum absolute atomic E-state index is 11.1. The fourth-order valence-electron chi connectivity index (χ4n) is 1.33. The van der Waals surface area contributed by atoms with Crippen LogP contribution in [-0.2, 0) is 4.79 Å². The molecule has 1 aliphatic heterocycles. The van der Waals surface area contributed by atoms with Crippen LogP contribution in [0.2, 0.25) is 0 Å². The second-order valence-corrected chi connectivity index (χ2v) is 3.01. The van der Waals surface area contributed by atoms with E-state index in [2.05, 4.69) is 5.32 Å². The predicted octanol–water partition coefficient (Wildman–Crippen LogP) is 1.42. The number of anilines is 1. The van der Waals surface area contributed by atoms with Gasteiger partial charge >= 0.3 is 5.97 Å². The predicted molar refractivity (Wildman–Crippen MR) is 51.7 cm³/mol. The molecule has 4 heteroatoms. The van der Waals surface area contributed by atoms with Crippen molar-refractivity contribution < 1.29 is 14.3 Å². The molecule has 1 heterocycles. The van der Waals surface area contributed by atoms with Crippen molar-refractivity contribution in [3.63, 3.8) is 0 Å². The molecule has 0 unspecified atom stereocenters. The van der Waals surface area contributed by atoms with Crippen LogP contribution >= 0.6 is 0 Å². The van der Waals surface area contributed by atoms with Crippen molar-refractivity contribution in [3.05, 3.63) is 18.2 Å². The molecule has 0 aromatic heterocycles. The Kier molecular flexibility index (Phi) is 2.26. The molecule has 1 aliphatic rings. The second kappa shape index (κ2) is 3.57. The molecule has 0 fully saturated rings. The topological polar surface area (TPSA) is 47.6 Å². The lowest BCUT2D eigenvalue weighted by molar-refractivity contribution is -0.133. The third-order valence-electron chi connectivity index (χ3n) is 2.06. The molecule has 0 bridgehead atoms. The van der Waals surface area contributed by atoms with Crippen LogP contribution in [0.1, 0.15) is 6.42 Å². The summed E-state index contributed by atoms with van der Waals surface area (Å²) in [4.78, 5) is 11.1. The van der Waals surface area contributed by atoms with Gasteiger partial charge in [0.05, 0.1) is 19.2 Å². The molecule has 74 valence electrons. The molecule has 0 saturated heterocycles. The van der Waals surface area contributed by atoms with Crippen molar-refractivity contribution in [2.75, 3.05) is 19.0 Å². The minimum Gasteiger partial charge on any atom is -0.497 e. The van der Waals surface area contributed by atoms with E-state index in [1.54, 1.807) is 13.2 Å². The van der Waals surface area contributed by atoms with Gasteiger partial charge in [0.2, 0.25) is 0 Å². The van der Waals surface area contributed by atoms with Gasteiger partial charge in [-0.2, -0.15) is 0 Å². The van der Waals surface area contributed by atoms with Crippen LogP contribution in [0.4, 0.5) is 5.69 Å². The molecule has 1 aromatic rings. The number of methoxy groups -OCH3 is 1. The number of hydrogen-bond acceptors (Lipinski definition) is 4. The highest BCUT2D eigenvalue weighted by Crippen LogP contribution is 2.30. The monoisotopic (exact) mass is 193 g/mol. The molecule has 0 amide bonds. The molecule has 4 nitrogen and oxygen atoms in total. The van der Waals surface area contributed by atoms with E-state index in [1.807, 2.05) is 12.1 Å². The zero-order valence-corrected chi connectivity index (χ0v) is 7.87. The molecule has 0 spiro atoms. The number of nitrogens with one attached hydrogen (secondary N) is 1. The Balaban J connectivity index is 2.36. The Morgan fingerprint density at radius 3 is 3.14 bits per heavy atom. The van der Waals surface area contributed by atoms with E-state index in [4.69, 9.17) is 9.47 Å². The first-order valence-corrected chi connectivity index (χ1v) is 4.42. The summed E-state index contributed by atoms with van der Waals surface area (Å²) in [6.07, 6.45) is 0.386. The summed E-state index contributed by atoms with van der Waals surface area (Å²) in [5, 5.41) is 3.11. The number of carbonyl (C=O) groups is 1.